The second-order valence-electron chi connectivity index (χ2n) is 4.05. The molecule has 1 aliphatic carbocycles. The van der Waals surface area contributed by atoms with Crippen LogP contribution in [0.3, 0.4) is 0 Å². The van der Waals surface area contributed by atoms with Gasteiger partial charge in [0.15, 0.2) is 0 Å². The van der Waals surface area contributed by atoms with Gasteiger partial charge in [-0.1, -0.05) is 6.92 Å². The summed E-state index contributed by atoms with van der Waals surface area (Å²) >= 11 is 0. The fraction of sp³-hybridized carbons (Fsp3) is 0.700. The van der Waals surface area contributed by atoms with Crippen LogP contribution >= 0.6 is 0 Å². The van der Waals surface area contributed by atoms with Crippen LogP contribution in [0.2, 0.25) is 0 Å². The SMILES string of the molecule is CC(CN)Cn1nccc1C1CC1. The fourth-order valence-electron chi connectivity index (χ4n) is 1.59. The smallest absolute Gasteiger partial charge is 0.0492 e. The van der Waals surface area contributed by atoms with Gasteiger partial charge in [0.1, 0.15) is 0 Å². The monoisotopic (exact) mass is 179 g/mol. The summed E-state index contributed by atoms with van der Waals surface area (Å²) in [6.45, 7) is 3.87. The third-order valence-electron chi connectivity index (χ3n) is 2.63. The number of hydrogen-bond acceptors (Lipinski definition) is 2. The lowest BCUT2D eigenvalue weighted by molar-refractivity contribution is 0.446. The highest BCUT2D eigenvalue weighted by molar-refractivity contribution is 5.13. The lowest BCUT2D eigenvalue weighted by Crippen LogP contribution is -2.18. The van der Waals surface area contributed by atoms with Gasteiger partial charge in [0.05, 0.1) is 0 Å². The van der Waals surface area contributed by atoms with Crippen LogP contribution in [0.1, 0.15) is 31.4 Å². The molecule has 3 nitrogen and oxygen atoms in total. The number of hydrogen-bond donors (Lipinski definition) is 1. The Bertz CT molecular complexity index is 275. The highest BCUT2D eigenvalue weighted by atomic mass is 15.3. The molecule has 1 heterocycles. The van der Waals surface area contributed by atoms with Crippen molar-refractivity contribution in [3.05, 3.63) is 18.0 Å². The summed E-state index contributed by atoms with van der Waals surface area (Å²) < 4.78 is 2.12. The first-order valence-corrected chi connectivity index (χ1v) is 5.03. The minimum atomic E-state index is 0.525. The lowest BCUT2D eigenvalue weighted by atomic mass is 10.2. The summed E-state index contributed by atoms with van der Waals surface area (Å²) in [4.78, 5) is 0. The third-order valence-corrected chi connectivity index (χ3v) is 2.63. The Morgan fingerprint density at radius 1 is 1.69 bits per heavy atom. The van der Waals surface area contributed by atoms with Crippen molar-refractivity contribution in [3.63, 3.8) is 0 Å². The summed E-state index contributed by atoms with van der Waals surface area (Å²) in [6.07, 6.45) is 4.57. The van der Waals surface area contributed by atoms with E-state index >= 15 is 0 Å². The van der Waals surface area contributed by atoms with E-state index in [4.69, 9.17) is 5.73 Å². The van der Waals surface area contributed by atoms with Crippen LogP contribution in [0.4, 0.5) is 0 Å². The number of nitrogens with zero attached hydrogens (tertiary/aromatic N) is 2. The molecular weight excluding hydrogens is 162 g/mol. The van der Waals surface area contributed by atoms with Crippen LogP contribution < -0.4 is 5.73 Å². The van der Waals surface area contributed by atoms with Crippen LogP contribution in [0.15, 0.2) is 12.3 Å². The topological polar surface area (TPSA) is 43.8 Å². The van der Waals surface area contributed by atoms with Gasteiger partial charge in [-0.05, 0) is 31.4 Å². The van der Waals surface area contributed by atoms with Crippen LogP contribution in [-0.4, -0.2) is 16.3 Å². The van der Waals surface area contributed by atoms with Crippen LogP contribution in [-0.2, 0) is 6.54 Å². The molecular formula is C10H17N3. The van der Waals surface area contributed by atoms with E-state index in [-0.39, 0.29) is 0 Å². The molecule has 3 heteroatoms. The molecule has 0 bridgehead atoms. The van der Waals surface area contributed by atoms with Crippen molar-refractivity contribution >= 4 is 0 Å². The third kappa shape index (κ3) is 1.91. The van der Waals surface area contributed by atoms with E-state index in [1.807, 2.05) is 6.20 Å². The summed E-state index contributed by atoms with van der Waals surface area (Å²) in [5.41, 5.74) is 6.99. The zero-order chi connectivity index (χ0) is 9.26. The number of nitrogens with two attached hydrogens (primary N) is 1. The Kier molecular flexibility index (Phi) is 2.36. The van der Waals surface area contributed by atoms with Gasteiger partial charge in [-0.2, -0.15) is 5.10 Å². The van der Waals surface area contributed by atoms with Gasteiger partial charge in [-0.15, -0.1) is 0 Å². The Balaban J connectivity index is 2.05. The molecule has 13 heavy (non-hydrogen) atoms. The van der Waals surface area contributed by atoms with Crippen LogP contribution in [0.25, 0.3) is 0 Å². The van der Waals surface area contributed by atoms with Gasteiger partial charge in [0.2, 0.25) is 0 Å². The predicted molar refractivity (Wildman–Crippen MR) is 52.4 cm³/mol. The van der Waals surface area contributed by atoms with Crippen molar-refractivity contribution in [2.24, 2.45) is 11.7 Å². The lowest BCUT2D eigenvalue weighted by Gasteiger charge is -2.11. The van der Waals surface area contributed by atoms with Crippen molar-refractivity contribution in [2.75, 3.05) is 6.54 Å². The molecule has 1 saturated carbocycles. The normalized spacial score (nSPS) is 18.9. The van der Waals surface area contributed by atoms with E-state index in [2.05, 4.69) is 22.8 Å². The van der Waals surface area contributed by atoms with Crippen LogP contribution in [0.5, 0.6) is 0 Å². The highest BCUT2D eigenvalue weighted by Crippen LogP contribution is 2.39. The molecule has 2 N–H and O–H groups in total. The minimum Gasteiger partial charge on any atom is -0.330 e. The average Bonchev–Trinajstić information content (AvgIpc) is 2.88. The van der Waals surface area contributed by atoms with Crippen molar-refractivity contribution in [2.45, 2.75) is 32.2 Å². The van der Waals surface area contributed by atoms with Crippen molar-refractivity contribution in [1.82, 2.24) is 9.78 Å². The Hall–Kier alpha value is -0.830. The maximum Gasteiger partial charge on any atom is 0.0492 e. The van der Waals surface area contributed by atoms with E-state index in [9.17, 15) is 0 Å². The maximum absolute atomic E-state index is 5.59. The van der Waals surface area contributed by atoms with Crippen LogP contribution in [0, 0.1) is 5.92 Å². The molecule has 1 fully saturated rings. The molecule has 2 rings (SSSR count). The second-order valence-corrected chi connectivity index (χ2v) is 4.05. The molecule has 0 aromatic carbocycles. The molecule has 1 aromatic heterocycles. The quantitative estimate of drug-likeness (QED) is 0.758. The standard InChI is InChI=1S/C10H17N3/c1-8(6-11)7-13-10(4-5-12-13)9-2-3-9/h4-5,8-9H,2-3,6-7,11H2,1H3. The molecule has 0 aliphatic heterocycles. The molecule has 72 valence electrons. The minimum absolute atomic E-state index is 0.525. The van der Waals surface area contributed by atoms with Crippen molar-refractivity contribution in [1.29, 1.82) is 0 Å². The van der Waals surface area contributed by atoms with Crippen molar-refractivity contribution < 1.29 is 0 Å². The van der Waals surface area contributed by atoms with E-state index in [0.717, 1.165) is 19.0 Å². The van der Waals surface area contributed by atoms with Gasteiger partial charge in [0, 0.05) is 24.4 Å². The first-order valence-electron chi connectivity index (χ1n) is 5.03. The van der Waals surface area contributed by atoms with Crippen molar-refractivity contribution in [3.8, 4) is 0 Å². The largest absolute Gasteiger partial charge is 0.330 e. The average molecular weight is 179 g/mol. The fourth-order valence-corrected chi connectivity index (χ4v) is 1.59. The van der Waals surface area contributed by atoms with Gasteiger partial charge < -0.3 is 5.73 Å². The Morgan fingerprint density at radius 2 is 2.46 bits per heavy atom. The molecule has 0 radical (unpaired) electrons. The zero-order valence-electron chi connectivity index (χ0n) is 8.11. The van der Waals surface area contributed by atoms with Gasteiger partial charge in [-0.3, -0.25) is 4.68 Å². The Morgan fingerprint density at radius 3 is 3.08 bits per heavy atom. The van der Waals surface area contributed by atoms with E-state index in [0.29, 0.717) is 5.92 Å². The van der Waals surface area contributed by atoms with Gasteiger partial charge in [-0.25, -0.2) is 0 Å². The first kappa shape index (κ1) is 8.75. The summed E-state index contributed by atoms with van der Waals surface area (Å²) in [5, 5.41) is 4.33. The molecule has 0 saturated heterocycles. The molecule has 1 atom stereocenters. The second kappa shape index (κ2) is 3.50. The zero-order valence-corrected chi connectivity index (χ0v) is 8.11. The maximum atomic E-state index is 5.59. The summed E-state index contributed by atoms with van der Waals surface area (Å²) in [7, 11) is 0. The number of rotatable bonds is 4. The first-order chi connectivity index (χ1) is 6.31. The summed E-state index contributed by atoms with van der Waals surface area (Å²) in [6, 6.07) is 2.14. The number of aromatic nitrogens is 2. The highest BCUT2D eigenvalue weighted by Gasteiger charge is 2.26. The summed E-state index contributed by atoms with van der Waals surface area (Å²) in [5.74, 6) is 1.31. The van der Waals surface area contributed by atoms with E-state index in [1.165, 1.54) is 18.5 Å². The molecule has 1 aliphatic rings. The van der Waals surface area contributed by atoms with E-state index in [1.54, 1.807) is 0 Å². The van der Waals surface area contributed by atoms with Gasteiger partial charge >= 0.3 is 0 Å². The molecule has 0 amide bonds. The molecule has 0 spiro atoms. The van der Waals surface area contributed by atoms with Gasteiger partial charge in [0.25, 0.3) is 0 Å². The molecule has 1 unspecified atom stereocenters. The molecule has 1 aromatic rings. The van der Waals surface area contributed by atoms with E-state index < -0.39 is 0 Å². The predicted octanol–water partition coefficient (Wildman–Crippen LogP) is 1.36. The Labute approximate surface area is 78.9 Å².